The van der Waals surface area contributed by atoms with E-state index >= 15 is 0 Å². The minimum absolute atomic E-state index is 0.767. The quantitative estimate of drug-likeness (QED) is 0.282. The standard InChI is InChI=1S/C29H50/c1-9-11-25(29-19-23(7)15-17-27(29)21(4)5)13-10-12-24(8)28-18-22(6)14-16-26(28)20(2)3/h9,11-12,20-23,26-29H,1,10,13-19H2,2-8H3/b24-12-,25-11-. The zero-order valence-corrected chi connectivity index (χ0v) is 20.7. The van der Waals surface area contributed by atoms with Crippen LogP contribution in [0.1, 0.15) is 99.8 Å². The minimum atomic E-state index is 0.767. The lowest BCUT2D eigenvalue weighted by molar-refractivity contribution is 0.166. The Hall–Kier alpha value is -0.780. The molecule has 2 rings (SSSR count). The van der Waals surface area contributed by atoms with E-state index in [1.54, 1.807) is 11.1 Å². The predicted molar refractivity (Wildman–Crippen MR) is 131 cm³/mol. The second kappa shape index (κ2) is 11.6. The van der Waals surface area contributed by atoms with Crippen molar-refractivity contribution in [3.8, 4) is 0 Å². The molecule has 0 spiro atoms. The normalized spacial score (nSPS) is 34.7. The summed E-state index contributed by atoms with van der Waals surface area (Å²) >= 11 is 0. The van der Waals surface area contributed by atoms with Gasteiger partial charge >= 0.3 is 0 Å². The van der Waals surface area contributed by atoms with Gasteiger partial charge in [-0.05, 0) is 92.8 Å². The molecular formula is C29H50. The van der Waals surface area contributed by atoms with Crippen molar-refractivity contribution in [2.45, 2.75) is 99.8 Å². The third kappa shape index (κ3) is 6.86. The summed E-state index contributed by atoms with van der Waals surface area (Å²) in [6.45, 7) is 21.1. The van der Waals surface area contributed by atoms with E-state index in [1.807, 2.05) is 6.08 Å². The Balaban J connectivity index is 2.07. The fourth-order valence-electron chi connectivity index (χ4n) is 6.52. The van der Waals surface area contributed by atoms with Crippen molar-refractivity contribution in [1.29, 1.82) is 0 Å². The maximum atomic E-state index is 4.05. The summed E-state index contributed by atoms with van der Waals surface area (Å²) in [4.78, 5) is 0. The fourth-order valence-corrected chi connectivity index (χ4v) is 6.52. The van der Waals surface area contributed by atoms with Crippen LogP contribution in [-0.4, -0.2) is 0 Å². The molecule has 6 atom stereocenters. The molecule has 2 aliphatic rings. The van der Waals surface area contributed by atoms with Crippen LogP contribution in [0, 0.1) is 47.3 Å². The molecule has 0 nitrogen and oxygen atoms in total. The molecule has 0 aromatic carbocycles. The van der Waals surface area contributed by atoms with Crippen molar-refractivity contribution < 1.29 is 0 Å². The molecule has 0 radical (unpaired) electrons. The molecule has 0 heteroatoms. The maximum Gasteiger partial charge on any atom is -0.0167 e. The highest BCUT2D eigenvalue weighted by molar-refractivity contribution is 5.18. The summed E-state index contributed by atoms with van der Waals surface area (Å²) in [5.74, 6) is 6.67. The first-order valence-corrected chi connectivity index (χ1v) is 12.7. The van der Waals surface area contributed by atoms with Crippen LogP contribution >= 0.6 is 0 Å². The summed E-state index contributed by atoms with van der Waals surface area (Å²) in [5, 5.41) is 0. The second-order valence-electron chi connectivity index (χ2n) is 11.3. The van der Waals surface area contributed by atoms with Crippen LogP contribution in [0.15, 0.2) is 36.0 Å². The van der Waals surface area contributed by atoms with Gasteiger partial charge in [-0.2, -0.15) is 0 Å². The largest absolute Gasteiger partial charge is 0.0991 e. The van der Waals surface area contributed by atoms with Gasteiger partial charge in [-0.15, -0.1) is 0 Å². The topological polar surface area (TPSA) is 0 Å². The first-order valence-electron chi connectivity index (χ1n) is 12.7. The average Bonchev–Trinajstić information content (AvgIpc) is 2.66. The van der Waals surface area contributed by atoms with E-state index in [-0.39, 0.29) is 0 Å². The van der Waals surface area contributed by atoms with Crippen molar-refractivity contribution in [1.82, 2.24) is 0 Å². The third-order valence-corrected chi connectivity index (χ3v) is 8.34. The smallest absolute Gasteiger partial charge is 0.0167 e. The number of rotatable bonds is 8. The Labute approximate surface area is 183 Å². The van der Waals surface area contributed by atoms with Crippen LogP contribution < -0.4 is 0 Å². The Morgan fingerprint density at radius 3 is 1.90 bits per heavy atom. The highest BCUT2D eigenvalue weighted by atomic mass is 14.4. The van der Waals surface area contributed by atoms with Crippen LogP contribution in [0.4, 0.5) is 0 Å². The van der Waals surface area contributed by atoms with Crippen LogP contribution in [0.2, 0.25) is 0 Å². The van der Waals surface area contributed by atoms with Gasteiger partial charge in [0, 0.05) is 0 Å². The molecule has 0 heterocycles. The zero-order chi connectivity index (χ0) is 21.6. The van der Waals surface area contributed by atoms with E-state index < -0.39 is 0 Å². The summed E-state index contributed by atoms with van der Waals surface area (Å²) in [6, 6.07) is 0. The lowest BCUT2D eigenvalue weighted by Crippen LogP contribution is -2.29. The summed E-state index contributed by atoms with van der Waals surface area (Å²) < 4.78 is 0. The average molecular weight is 399 g/mol. The lowest BCUT2D eigenvalue weighted by Gasteiger charge is -2.39. The fraction of sp³-hybridized carbons (Fsp3) is 0.793. The van der Waals surface area contributed by atoms with E-state index in [9.17, 15) is 0 Å². The van der Waals surface area contributed by atoms with Crippen molar-refractivity contribution in [3.05, 3.63) is 36.0 Å². The van der Waals surface area contributed by atoms with E-state index in [2.05, 4.69) is 67.2 Å². The predicted octanol–water partition coefficient (Wildman–Crippen LogP) is 9.24. The molecule has 0 bridgehead atoms. The molecule has 0 aromatic rings. The first kappa shape index (κ1) is 24.5. The highest BCUT2D eigenvalue weighted by Crippen LogP contribution is 2.44. The van der Waals surface area contributed by atoms with Gasteiger partial charge in [0.15, 0.2) is 0 Å². The van der Waals surface area contributed by atoms with Crippen LogP contribution in [0.5, 0.6) is 0 Å². The Kier molecular flexibility index (Phi) is 9.77. The number of hydrogen-bond donors (Lipinski definition) is 0. The second-order valence-corrected chi connectivity index (χ2v) is 11.3. The van der Waals surface area contributed by atoms with Crippen molar-refractivity contribution >= 4 is 0 Å². The van der Waals surface area contributed by atoms with E-state index in [0.29, 0.717) is 0 Å². The molecule has 0 N–H and O–H groups in total. The van der Waals surface area contributed by atoms with Crippen molar-refractivity contribution in [2.24, 2.45) is 47.3 Å². The molecule has 29 heavy (non-hydrogen) atoms. The Bertz CT molecular complexity index is 561. The van der Waals surface area contributed by atoms with E-state index in [0.717, 1.165) is 47.3 Å². The van der Waals surface area contributed by atoms with Gasteiger partial charge in [-0.3, -0.25) is 0 Å². The minimum Gasteiger partial charge on any atom is -0.0991 e. The van der Waals surface area contributed by atoms with Gasteiger partial charge in [-0.25, -0.2) is 0 Å². The number of hydrogen-bond acceptors (Lipinski definition) is 0. The van der Waals surface area contributed by atoms with E-state index in [4.69, 9.17) is 0 Å². The molecule has 6 unspecified atom stereocenters. The highest BCUT2D eigenvalue weighted by Gasteiger charge is 2.33. The van der Waals surface area contributed by atoms with Crippen LogP contribution in [0.25, 0.3) is 0 Å². The van der Waals surface area contributed by atoms with Crippen LogP contribution in [-0.2, 0) is 0 Å². The lowest BCUT2D eigenvalue weighted by atomic mass is 9.66. The Morgan fingerprint density at radius 2 is 1.38 bits per heavy atom. The van der Waals surface area contributed by atoms with Gasteiger partial charge in [0.2, 0.25) is 0 Å². The molecular weight excluding hydrogens is 348 g/mol. The van der Waals surface area contributed by atoms with E-state index in [1.165, 1.54) is 51.4 Å². The third-order valence-electron chi connectivity index (χ3n) is 8.34. The van der Waals surface area contributed by atoms with Crippen LogP contribution in [0.3, 0.4) is 0 Å². The Morgan fingerprint density at radius 1 is 0.862 bits per heavy atom. The number of allylic oxidation sites excluding steroid dienone is 5. The monoisotopic (exact) mass is 398 g/mol. The summed E-state index contributed by atoms with van der Waals surface area (Å²) in [5.41, 5.74) is 3.34. The van der Waals surface area contributed by atoms with Gasteiger partial charge in [0.1, 0.15) is 0 Å². The van der Waals surface area contributed by atoms with Gasteiger partial charge in [-0.1, -0.05) is 90.3 Å². The molecule has 0 amide bonds. The first-order chi connectivity index (χ1) is 13.7. The molecule has 0 aliphatic heterocycles. The molecule has 166 valence electrons. The summed E-state index contributed by atoms with van der Waals surface area (Å²) in [7, 11) is 0. The van der Waals surface area contributed by atoms with Gasteiger partial charge < -0.3 is 0 Å². The molecule has 0 saturated heterocycles. The van der Waals surface area contributed by atoms with Gasteiger partial charge in [0.05, 0.1) is 0 Å². The summed E-state index contributed by atoms with van der Waals surface area (Å²) in [6.07, 6.45) is 17.9. The van der Waals surface area contributed by atoms with Crippen molar-refractivity contribution in [2.75, 3.05) is 0 Å². The molecule has 0 aromatic heterocycles. The van der Waals surface area contributed by atoms with Gasteiger partial charge in [0.25, 0.3) is 0 Å². The maximum absolute atomic E-state index is 4.05. The molecule has 2 aliphatic carbocycles. The SMILES string of the molecule is C=C/C=C(/CC/C=C(/C)C1CC(C)CCC1C(C)C)C1CC(C)CCC1C(C)C. The van der Waals surface area contributed by atoms with Crippen molar-refractivity contribution in [3.63, 3.8) is 0 Å². The zero-order valence-electron chi connectivity index (χ0n) is 20.7. The molecule has 2 fully saturated rings. The molecule has 2 saturated carbocycles.